The first kappa shape index (κ1) is 9.78. The molecule has 0 nitrogen and oxygen atoms in total. The fraction of sp³-hybridized carbons (Fsp3) is 0.636. The van der Waals surface area contributed by atoms with Crippen LogP contribution in [-0.4, -0.2) is 8.07 Å². The van der Waals surface area contributed by atoms with Gasteiger partial charge in [0.25, 0.3) is 0 Å². The van der Waals surface area contributed by atoms with Gasteiger partial charge in [0.1, 0.15) is 0 Å². The quantitative estimate of drug-likeness (QED) is 0.453. The fourth-order valence-corrected chi connectivity index (χ4v) is 5.71. The number of rotatable bonds is 4. The van der Waals surface area contributed by atoms with E-state index in [4.69, 9.17) is 0 Å². The Labute approximate surface area is 77.4 Å². The molecule has 0 saturated carbocycles. The molecular formula is C11H20Si. The zero-order valence-corrected chi connectivity index (χ0v) is 9.34. The van der Waals surface area contributed by atoms with Crippen LogP contribution in [0.3, 0.4) is 0 Å². The van der Waals surface area contributed by atoms with Gasteiger partial charge >= 0.3 is 0 Å². The molecule has 68 valence electrons. The molecule has 0 radical (unpaired) electrons. The average Bonchev–Trinajstić information content (AvgIpc) is 2.02. The van der Waals surface area contributed by atoms with E-state index in [9.17, 15) is 0 Å². The van der Waals surface area contributed by atoms with Crippen molar-refractivity contribution in [1.29, 1.82) is 0 Å². The van der Waals surface area contributed by atoms with Gasteiger partial charge in [-0.15, -0.1) is 0 Å². The Morgan fingerprint density at radius 2 is 1.50 bits per heavy atom. The third kappa shape index (κ3) is 2.34. The summed E-state index contributed by atoms with van der Waals surface area (Å²) in [6.45, 7) is 4.27. The van der Waals surface area contributed by atoms with Crippen molar-refractivity contribution in [3.05, 3.63) is 24.3 Å². The van der Waals surface area contributed by atoms with Crippen molar-refractivity contribution in [2.24, 2.45) is 0 Å². The lowest BCUT2D eigenvalue weighted by molar-refractivity contribution is 0.881. The Balaban J connectivity index is 2.39. The highest BCUT2D eigenvalue weighted by atomic mass is 28.3. The molecule has 1 heteroatoms. The molecule has 0 aromatic rings. The largest absolute Gasteiger partial charge is 0.0919 e. The second-order valence-electron chi connectivity index (χ2n) is 3.90. The van der Waals surface area contributed by atoms with Crippen LogP contribution in [0.5, 0.6) is 0 Å². The van der Waals surface area contributed by atoms with Crippen LogP contribution in [0.4, 0.5) is 0 Å². The van der Waals surface area contributed by atoms with E-state index in [0.29, 0.717) is 0 Å². The first-order valence-electron chi connectivity index (χ1n) is 5.05. The second-order valence-corrected chi connectivity index (χ2v) is 8.72. The Kier molecular flexibility index (Phi) is 3.80. The summed E-state index contributed by atoms with van der Waals surface area (Å²) in [6.07, 6.45) is 10.7. The first-order valence-corrected chi connectivity index (χ1v) is 7.88. The molecule has 0 bridgehead atoms. The summed E-state index contributed by atoms with van der Waals surface area (Å²) in [7, 11) is -0.758. The predicted molar refractivity (Wildman–Crippen MR) is 59.2 cm³/mol. The third-order valence-corrected chi connectivity index (χ3v) is 8.02. The molecule has 0 atom stereocenters. The molecule has 0 amide bonds. The van der Waals surface area contributed by atoms with Crippen LogP contribution in [0, 0.1) is 0 Å². The maximum Gasteiger partial charge on any atom is 0.0610 e. The van der Waals surface area contributed by atoms with Crippen LogP contribution < -0.4 is 0 Å². The van der Waals surface area contributed by atoms with E-state index in [1.165, 1.54) is 18.5 Å². The highest BCUT2D eigenvalue weighted by Crippen LogP contribution is 2.39. The summed E-state index contributed by atoms with van der Waals surface area (Å²) in [5.41, 5.74) is 0. The molecule has 0 N–H and O–H groups in total. The van der Waals surface area contributed by atoms with Gasteiger partial charge in [-0.25, -0.2) is 0 Å². The Morgan fingerprint density at radius 1 is 1.00 bits per heavy atom. The normalized spacial score (nSPS) is 21.8. The monoisotopic (exact) mass is 180 g/mol. The smallest absolute Gasteiger partial charge is 0.0610 e. The van der Waals surface area contributed by atoms with Gasteiger partial charge in [0.05, 0.1) is 8.07 Å². The van der Waals surface area contributed by atoms with Crippen LogP contribution in [0.15, 0.2) is 24.3 Å². The third-order valence-electron chi connectivity index (χ3n) is 2.99. The van der Waals surface area contributed by atoms with Crippen molar-refractivity contribution >= 4 is 8.07 Å². The SMILES string of the molecule is CC=CC[Si]1(CC=CC)CCC1. The van der Waals surface area contributed by atoms with Gasteiger partial charge in [-0.2, -0.15) is 0 Å². The lowest BCUT2D eigenvalue weighted by Crippen LogP contribution is -2.39. The van der Waals surface area contributed by atoms with Crippen molar-refractivity contribution in [1.82, 2.24) is 0 Å². The van der Waals surface area contributed by atoms with E-state index < -0.39 is 8.07 Å². The molecule has 1 rings (SSSR count). The van der Waals surface area contributed by atoms with E-state index in [1.807, 2.05) is 0 Å². The number of hydrogen-bond acceptors (Lipinski definition) is 0. The van der Waals surface area contributed by atoms with Crippen molar-refractivity contribution in [3.63, 3.8) is 0 Å². The lowest BCUT2D eigenvalue weighted by Gasteiger charge is -2.38. The molecule has 1 saturated heterocycles. The van der Waals surface area contributed by atoms with E-state index in [-0.39, 0.29) is 0 Å². The van der Waals surface area contributed by atoms with Crippen molar-refractivity contribution in [3.8, 4) is 0 Å². The van der Waals surface area contributed by atoms with E-state index in [0.717, 1.165) is 0 Å². The molecule has 0 aliphatic carbocycles. The average molecular weight is 180 g/mol. The summed E-state index contributed by atoms with van der Waals surface area (Å²) in [6, 6.07) is 5.99. The topological polar surface area (TPSA) is 0 Å². The van der Waals surface area contributed by atoms with Crippen LogP contribution in [0.2, 0.25) is 24.2 Å². The standard InChI is InChI=1S/C11H20Si/c1-3-5-8-12(9-6-4-2)10-7-11-12/h3-6H,7-11H2,1-2H3. The summed E-state index contributed by atoms with van der Waals surface area (Å²) in [4.78, 5) is 0. The Morgan fingerprint density at radius 3 is 1.75 bits per heavy atom. The maximum atomic E-state index is 2.38. The lowest BCUT2D eigenvalue weighted by atomic mass is 10.5. The molecule has 1 aliphatic heterocycles. The van der Waals surface area contributed by atoms with Gasteiger partial charge in [0.2, 0.25) is 0 Å². The molecule has 12 heavy (non-hydrogen) atoms. The fourth-order valence-electron chi connectivity index (χ4n) is 1.90. The summed E-state index contributed by atoms with van der Waals surface area (Å²) in [5.74, 6) is 0. The second kappa shape index (κ2) is 4.66. The number of hydrogen-bond donors (Lipinski definition) is 0. The summed E-state index contributed by atoms with van der Waals surface area (Å²) in [5, 5.41) is 0. The van der Waals surface area contributed by atoms with Crippen molar-refractivity contribution in [2.75, 3.05) is 0 Å². The van der Waals surface area contributed by atoms with Gasteiger partial charge < -0.3 is 0 Å². The summed E-state index contributed by atoms with van der Waals surface area (Å²) < 4.78 is 0. The first-order chi connectivity index (χ1) is 5.83. The van der Waals surface area contributed by atoms with Crippen molar-refractivity contribution < 1.29 is 0 Å². The molecule has 0 spiro atoms. The molecule has 1 fully saturated rings. The van der Waals surface area contributed by atoms with Crippen molar-refractivity contribution in [2.45, 2.75) is 44.4 Å². The van der Waals surface area contributed by atoms with E-state index in [1.54, 1.807) is 12.1 Å². The van der Waals surface area contributed by atoms with Crippen LogP contribution >= 0.6 is 0 Å². The van der Waals surface area contributed by atoms with Crippen LogP contribution in [0.1, 0.15) is 20.3 Å². The highest BCUT2D eigenvalue weighted by molar-refractivity contribution is 6.83. The van der Waals surface area contributed by atoms with Gasteiger partial charge in [0, 0.05) is 0 Å². The zero-order chi connectivity index (χ0) is 8.86. The van der Waals surface area contributed by atoms with Crippen LogP contribution in [0.25, 0.3) is 0 Å². The Hall–Kier alpha value is -0.303. The molecule has 0 aromatic carbocycles. The van der Waals surface area contributed by atoms with Gasteiger partial charge in [0.15, 0.2) is 0 Å². The van der Waals surface area contributed by atoms with E-state index >= 15 is 0 Å². The van der Waals surface area contributed by atoms with Gasteiger partial charge in [-0.1, -0.05) is 42.8 Å². The molecule has 1 heterocycles. The minimum absolute atomic E-state index is 0.758. The van der Waals surface area contributed by atoms with E-state index in [2.05, 4.69) is 38.2 Å². The van der Waals surface area contributed by atoms with Gasteiger partial charge in [-0.3, -0.25) is 0 Å². The maximum absolute atomic E-state index is 2.38. The Bertz CT molecular complexity index is 159. The highest BCUT2D eigenvalue weighted by Gasteiger charge is 2.36. The molecule has 0 aromatic heterocycles. The number of allylic oxidation sites excluding steroid dienone is 4. The van der Waals surface area contributed by atoms with Crippen LogP contribution in [-0.2, 0) is 0 Å². The molecule has 0 unspecified atom stereocenters. The minimum atomic E-state index is -0.758. The predicted octanol–water partition coefficient (Wildman–Crippen LogP) is 3.99. The summed E-state index contributed by atoms with van der Waals surface area (Å²) >= 11 is 0. The minimum Gasteiger partial charge on any atom is -0.0919 e. The molecule has 1 aliphatic rings. The zero-order valence-electron chi connectivity index (χ0n) is 8.34. The molecular weight excluding hydrogens is 160 g/mol. The van der Waals surface area contributed by atoms with Gasteiger partial charge in [-0.05, 0) is 25.9 Å².